The Hall–Kier alpha value is -9.06. The van der Waals surface area contributed by atoms with E-state index in [4.69, 9.17) is 14.7 Å². The number of aromatic nitrogens is 6. The first-order valence-corrected chi connectivity index (χ1v) is 26.9. The van der Waals surface area contributed by atoms with Crippen LogP contribution in [0.3, 0.4) is 0 Å². The third kappa shape index (κ3) is 14.6. The number of fused-ring (bicyclic) bond motifs is 2. The van der Waals surface area contributed by atoms with Crippen molar-refractivity contribution in [3.63, 3.8) is 0 Å². The number of benzene rings is 4. The van der Waals surface area contributed by atoms with E-state index in [0.717, 1.165) is 75.1 Å². The lowest BCUT2D eigenvalue weighted by Crippen LogP contribution is -2.42. The molecule has 0 bridgehead atoms. The number of carbonyl (C=O) groups is 2. The van der Waals surface area contributed by atoms with Crippen LogP contribution in [0.25, 0.3) is 44.3 Å². The lowest BCUT2D eigenvalue weighted by Gasteiger charge is -2.31. The number of amides is 1. The normalized spacial score (nSPS) is 11.9. The predicted octanol–water partition coefficient (Wildman–Crippen LogP) is 9.84. The Balaban J connectivity index is 0.000000263. The standard InChI is InChI=1S/C30H38N8O4.C29H34N8O3.2CH4/c1-20-17-25(36(4)16-15-35(2)3)26(38(40)41)18-23(20)34-30-32-14-11-22(33-30)29-21-9-7-8-10-24(21)37(5)27(29)19-31-13-12-28(39)42-6;1-19-16-24(34(4)15-14-33(2)3)25(37(39)40)17-22(19)32-29-30-12-10-21(31-29)28-20-8-6-7-9-23(20)35(5)26(28)18-36-13-11-27(36)38;;/h7-11,14,17-18,31H,12-13,15-16,19H2,1-6H3,(H,32,33,34);6-10,12,16-17H,11,13-15,18H2,1-5H3,(H,30,31,32);2*1H4. The topological polar surface area (TPSA) is 243 Å². The number of likely N-dealkylation sites (tertiary alicyclic amines) is 1. The summed E-state index contributed by atoms with van der Waals surface area (Å²) in [5.41, 5.74) is 11.4. The van der Waals surface area contributed by atoms with Crippen molar-refractivity contribution in [3.8, 4) is 22.5 Å². The number of β-lactam (4-membered cyclic amide) rings is 1. The Morgan fingerprint density at radius 3 is 1.54 bits per heavy atom. The van der Waals surface area contributed by atoms with Crippen LogP contribution >= 0.6 is 0 Å². The molecule has 0 atom stereocenters. The number of nitrogens with one attached hydrogen (secondary N) is 3. The van der Waals surface area contributed by atoms with Crippen molar-refractivity contribution in [2.24, 2.45) is 14.1 Å². The molecule has 1 amide bonds. The van der Waals surface area contributed by atoms with Gasteiger partial charge in [-0.15, -0.1) is 0 Å². The summed E-state index contributed by atoms with van der Waals surface area (Å²) >= 11 is 0. The molecule has 0 radical (unpaired) electrons. The number of carbonyl (C=O) groups excluding carboxylic acids is 2. The summed E-state index contributed by atoms with van der Waals surface area (Å²) in [6.07, 6.45) is 4.20. The number of para-hydroxylation sites is 2. The zero-order valence-corrected chi connectivity index (χ0v) is 48.5. The zero-order valence-electron chi connectivity index (χ0n) is 48.5. The summed E-state index contributed by atoms with van der Waals surface area (Å²) in [6.45, 7) is 8.89. The lowest BCUT2D eigenvalue weighted by atomic mass is 10.1. The van der Waals surface area contributed by atoms with Crippen molar-refractivity contribution in [2.75, 3.05) is 109 Å². The summed E-state index contributed by atoms with van der Waals surface area (Å²) < 4.78 is 8.98. The van der Waals surface area contributed by atoms with Crippen molar-refractivity contribution in [1.29, 1.82) is 0 Å². The number of nitrogens with zero attached hydrogens (tertiary/aromatic N) is 13. The molecule has 23 nitrogen and oxygen atoms in total. The number of anilines is 6. The van der Waals surface area contributed by atoms with E-state index in [1.807, 2.05) is 143 Å². The number of ether oxygens (including phenoxy) is 1. The minimum absolute atomic E-state index is 0. The molecule has 4 aromatic heterocycles. The lowest BCUT2D eigenvalue weighted by molar-refractivity contribution is -0.384. The van der Waals surface area contributed by atoms with Gasteiger partial charge in [-0.1, -0.05) is 51.3 Å². The molecule has 4 aromatic carbocycles. The summed E-state index contributed by atoms with van der Waals surface area (Å²) in [4.78, 5) is 75.2. The van der Waals surface area contributed by atoms with Crippen molar-refractivity contribution in [1.82, 2.24) is 49.1 Å². The average Bonchev–Trinajstić information content (AvgIpc) is 2.10. The highest BCUT2D eigenvalue weighted by molar-refractivity contribution is 5.99. The molecular formula is C61H80N16O7. The number of methoxy groups -OCH3 is 1. The van der Waals surface area contributed by atoms with Crippen molar-refractivity contribution in [2.45, 2.75) is 54.6 Å². The molecule has 8 aromatic rings. The van der Waals surface area contributed by atoms with Crippen LogP contribution in [-0.2, 0) is 41.5 Å². The number of esters is 1. The highest BCUT2D eigenvalue weighted by atomic mass is 16.6. The van der Waals surface area contributed by atoms with Gasteiger partial charge in [0.1, 0.15) is 11.4 Å². The van der Waals surface area contributed by atoms with E-state index in [1.165, 1.54) is 7.11 Å². The maximum Gasteiger partial charge on any atom is 0.306 e. The number of nitro benzene ring substituents is 2. The van der Waals surface area contributed by atoms with E-state index >= 15 is 0 Å². The van der Waals surface area contributed by atoms with Crippen LogP contribution in [0, 0.1) is 34.1 Å². The SMILES string of the molecule is C.C.COC(=O)CCNCc1c(-c2ccnc(Nc3cc([N+](=O)[O-])c(N(C)CCN(C)C)cc3C)n2)c2ccccc2n1C.Cc1cc(N(C)CCN(C)C)c([N+](=O)[O-])cc1Nc1nccc(-c2c(CN3CCC3=O)n(C)c3ccccc23)n1. The average molecular weight is 1150 g/mol. The first kappa shape index (κ1) is 64.1. The Morgan fingerprint density at radius 2 is 1.12 bits per heavy atom. The molecule has 0 unspecified atom stereocenters. The molecule has 1 saturated heterocycles. The Labute approximate surface area is 491 Å². The van der Waals surface area contributed by atoms with Crippen LogP contribution in [0.4, 0.5) is 46.0 Å². The van der Waals surface area contributed by atoms with Gasteiger partial charge in [-0.2, -0.15) is 0 Å². The summed E-state index contributed by atoms with van der Waals surface area (Å²) in [6, 6.07) is 26.6. The molecule has 0 saturated carbocycles. The van der Waals surface area contributed by atoms with Crippen LogP contribution in [0.2, 0.25) is 0 Å². The van der Waals surface area contributed by atoms with Gasteiger partial charge in [-0.25, -0.2) is 19.9 Å². The van der Waals surface area contributed by atoms with Gasteiger partial charge in [0, 0.05) is 149 Å². The van der Waals surface area contributed by atoms with Gasteiger partial charge in [0.2, 0.25) is 17.8 Å². The number of rotatable bonds is 23. The Morgan fingerprint density at radius 1 is 0.667 bits per heavy atom. The van der Waals surface area contributed by atoms with Crippen LogP contribution in [-0.4, -0.2) is 154 Å². The monoisotopic (exact) mass is 1150 g/mol. The quantitative estimate of drug-likeness (QED) is 0.0177. The van der Waals surface area contributed by atoms with E-state index in [-0.39, 0.29) is 54.4 Å². The molecule has 1 aliphatic rings. The molecule has 3 N–H and O–H groups in total. The Kier molecular flexibility index (Phi) is 21.6. The van der Waals surface area contributed by atoms with Gasteiger partial charge in [-0.3, -0.25) is 29.8 Å². The second-order valence-electron chi connectivity index (χ2n) is 20.9. The van der Waals surface area contributed by atoms with Gasteiger partial charge in [0.25, 0.3) is 11.4 Å². The maximum absolute atomic E-state index is 12.1. The van der Waals surface area contributed by atoms with Crippen LogP contribution in [0.15, 0.2) is 97.3 Å². The molecule has 0 spiro atoms. The summed E-state index contributed by atoms with van der Waals surface area (Å²) in [5.74, 6) is 0.544. The molecule has 0 aliphatic carbocycles. The molecule has 5 heterocycles. The van der Waals surface area contributed by atoms with Gasteiger partial charge < -0.3 is 54.3 Å². The number of nitro groups is 2. The molecule has 446 valence electrons. The van der Waals surface area contributed by atoms with Crippen molar-refractivity contribution < 1.29 is 24.2 Å². The second-order valence-corrected chi connectivity index (χ2v) is 20.9. The van der Waals surface area contributed by atoms with Gasteiger partial charge in [-0.05, 0) is 89.6 Å². The number of hydrogen-bond acceptors (Lipinski definition) is 18. The van der Waals surface area contributed by atoms with E-state index in [9.17, 15) is 29.8 Å². The van der Waals surface area contributed by atoms with E-state index in [2.05, 4.69) is 59.3 Å². The van der Waals surface area contributed by atoms with E-state index in [1.54, 1.807) is 24.5 Å². The van der Waals surface area contributed by atoms with E-state index in [0.29, 0.717) is 85.2 Å². The third-order valence-corrected chi connectivity index (χ3v) is 14.7. The van der Waals surface area contributed by atoms with Crippen molar-refractivity contribution in [3.05, 3.63) is 140 Å². The van der Waals surface area contributed by atoms with Gasteiger partial charge in [0.05, 0.1) is 52.7 Å². The zero-order chi connectivity index (χ0) is 58.9. The van der Waals surface area contributed by atoms with Crippen LogP contribution in [0.1, 0.15) is 50.2 Å². The first-order valence-electron chi connectivity index (χ1n) is 26.9. The molecule has 84 heavy (non-hydrogen) atoms. The molecule has 1 fully saturated rings. The minimum atomic E-state index is -0.362. The van der Waals surface area contributed by atoms with Gasteiger partial charge in [0.15, 0.2) is 0 Å². The fourth-order valence-electron chi connectivity index (χ4n) is 9.90. The summed E-state index contributed by atoms with van der Waals surface area (Å²) in [5, 5.41) is 35.9. The highest BCUT2D eigenvalue weighted by Gasteiger charge is 2.29. The second kappa shape index (κ2) is 28.3. The smallest absolute Gasteiger partial charge is 0.306 e. The van der Waals surface area contributed by atoms with Gasteiger partial charge >= 0.3 is 5.97 Å². The maximum atomic E-state index is 12.1. The Bertz CT molecular complexity index is 3650. The fraction of sp³-hybridized carbons (Fsp3) is 0.377. The molecule has 9 rings (SSSR count). The van der Waals surface area contributed by atoms with Crippen LogP contribution < -0.4 is 25.8 Å². The number of likely N-dealkylation sites (N-methyl/N-ethyl adjacent to an activating group) is 4. The third-order valence-electron chi connectivity index (χ3n) is 14.7. The van der Waals surface area contributed by atoms with Crippen LogP contribution in [0.5, 0.6) is 0 Å². The predicted molar refractivity (Wildman–Crippen MR) is 336 cm³/mol. The van der Waals surface area contributed by atoms with E-state index < -0.39 is 0 Å². The summed E-state index contributed by atoms with van der Waals surface area (Å²) in [7, 11) is 17.0. The van der Waals surface area contributed by atoms with Crippen molar-refractivity contribution >= 4 is 79.7 Å². The fourth-order valence-corrected chi connectivity index (χ4v) is 9.90. The minimum Gasteiger partial charge on any atom is -0.469 e. The molecule has 1 aliphatic heterocycles. The molecule has 23 heteroatoms. The first-order chi connectivity index (χ1) is 39.2. The molecular weight excluding hydrogens is 1070 g/mol. The number of aryl methyl sites for hydroxylation is 4. The largest absolute Gasteiger partial charge is 0.469 e. The highest BCUT2D eigenvalue weighted by Crippen LogP contribution is 2.39. The number of hydrogen-bond donors (Lipinski definition) is 3.